The van der Waals surface area contributed by atoms with Gasteiger partial charge in [0.25, 0.3) is 0 Å². The van der Waals surface area contributed by atoms with Crippen LogP contribution in [-0.4, -0.2) is 35.1 Å². The molecule has 3 aromatic rings. The first kappa shape index (κ1) is 26.1. The van der Waals surface area contributed by atoms with Gasteiger partial charge >= 0.3 is 0 Å². The van der Waals surface area contributed by atoms with E-state index in [0.29, 0.717) is 28.6 Å². The summed E-state index contributed by atoms with van der Waals surface area (Å²) in [6.45, 7) is 2.68. The number of nitrogens with zero attached hydrogens (tertiary/aromatic N) is 1. The average Bonchev–Trinajstić information content (AvgIpc) is 2.86. The monoisotopic (exact) mass is 514 g/mol. The van der Waals surface area contributed by atoms with Crippen LogP contribution in [0.15, 0.2) is 83.8 Å². The summed E-state index contributed by atoms with van der Waals surface area (Å²) >= 11 is 14.3. The molecule has 3 aromatic carbocycles. The van der Waals surface area contributed by atoms with E-state index in [2.05, 4.69) is 5.32 Å². The molecule has 4 nitrogen and oxygen atoms in total. The standard InChI is InChI=1S/C27H28Cl2N2O2S/c1-2-16-30-27(33)25(17-20-10-5-3-6-11-20)31(18-22-23(28)14-9-15-24(22)29)26(32)19-34-21-12-7-4-8-13-21/h3-15,25H,2,16-19H2,1H3,(H,30,33). The molecule has 34 heavy (non-hydrogen) atoms. The van der Waals surface area contributed by atoms with Gasteiger partial charge in [-0.15, -0.1) is 11.8 Å². The zero-order valence-electron chi connectivity index (χ0n) is 19.0. The number of rotatable bonds is 11. The van der Waals surface area contributed by atoms with Crippen LogP contribution in [0.4, 0.5) is 0 Å². The molecule has 0 fully saturated rings. The molecule has 0 aliphatic rings. The Morgan fingerprint density at radius 2 is 1.53 bits per heavy atom. The Labute approximate surface area is 215 Å². The van der Waals surface area contributed by atoms with E-state index in [1.54, 1.807) is 23.1 Å². The van der Waals surface area contributed by atoms with Crippen molar-refractivity contribution in [2.75, 3.05) is 12.3 Å². The zero-order chi connectivity index (χ0) is 24.3. The van der Waals surface area contributed by atoms with Crippen LogP contribution in [0.3, 0.4) is 0 Å². The summed E-state index contributed by atoms with van der Waals surface area (Å²) in [5.74, 6) is -0.150. The topological polar surface area (TPSA) is 49.4 Å². The second-order valence-electron chi connectivity index (χ2n) is 7.82. The van der Waals surface area contributed by atoms with Gasteiger partial charge in [-0.2, -0.15) is 0 Å². The first-order valence-corrected chi connectivity index (χ1v) is 13.0. The smallest absolute Gasteiger partial charge is 0.243 e. The molecule has 0 aliphatic heterocycles. The number of halogens is 2. The van der Waals surface area contributed by atoms with E-state index in [0.717, 1.165) is 16.9 Å². The summed E-state index contributed by atoms with van der Waals surface area (Å²) in [4.78, 5) is 29.5. The lowest BCUT2D eigenvalue weighted by Crippen LogP contribution is -2.51. The van der Waals surface area contributed by atoms with Crippen LogP contribution < -0.4 is 5.32 Å². The zero-order valence-corrected chi connectivity index (χ0v) is 21.4. The van der Waals surface area contributed by atoms with Gasteiger partial charge in [0.1, 0.15) is 6.04 Å². The third-order valence-corrected chi connectivity index (χ3v) is 7.02. The van der Waals surface area contributed by atoms with Crippen molar-refractivity contribution in [3.8, 4) is 0 Å². The average molecular weight is 516 g/mol. The fraction of sp³-hybridized carbons (Fsp3) is 0.259. The third kappa shape index (κ3) is 7.52. The molecule has 0 aliphatic carbocycles. The number of carbonyl (C=O) groups excluding carboxylic acids is 2. The Hall–Kier alpha value is -2.47. The van der Waals surface area contributed by atoms with Crippen molar-refractivity contribution in [3.05, 3.63) is 100 Å². The molecule has 0 aromatic heterocycles. The molecule has 178 valence electrons. The van der Waals surface area contributed by atoms with Crippen LogP contribution in [0, 0.1) is 0 Å². The normalized spacial score (nSPS) is 11.6. The predicted molar refractivity (Wildman–Crippen MR) is 141 cm³/mol. The molecule has 0 saturated carbocycles. The van der Waals surface area contributed by atoms with Gasteiger partial charge in [0, 0.05) is 40.0 Å². The van der Waals surface area contributed by atoms with Crippen LogP contribution >= 0.6 is 35.0 Å². The van der Waals surface area contributed by atoms with E-state index in [4.69, 9.17) is 23.2 Å². The van der Waals surface area contributed by atoms with Crippen LogP contribution in [0.2, 0.25) is 10.0 Å². The van der Waals surface area contributed by atoms with Crippen molar-refractivity contribution < 1.29 is 9.59 Å². The number of hydrogen-bond donors (Lipinski definition) is 1. The van der Waals surface area contributed by atoms with Crippen molar-refractivity contribution in [2.45, 2.75) is 37.2 Å². The van der Waals surface area contributed by atoms with Crippen LogP contribution in [0.1, 0.15) is 24.5 Å². The molecule has 1 atom stereocenters. The molecule has 1 N–H and O–H groups in total. The Morgan fingerprint density at radius 3 is 2.15 bits per heavy atom. The Kier molecular flexibility index (Phi) is 10.3. The second kappa shape index (κ2) is 13.4. The highest BCUT2D eigenvalue weighted by molar-refractivity contribution is 8.00. The highest BCUT2D eigenvalue weighted by Gasteiger charge is 2.31. The fourth-order valence-electron chi connectivity index (χ4n) is 3.52. The van der Waals surface area contributed by atoms with Gasteiger partial charge in [0.05, 0.1) is 5.75 Å². The summed E-state index contributed by atoms with van der Waals surface area (Å²) in [6.07, 6.45) is 1.19. The minimum atomic E-state index is -0.704. The van der Waals surface area contributed by atoms with Gasteiger partial charge in [0.2, 0.25) is 11.8 Å². The Balaban J connectivity index is 1.93. The largest absolute Gasteiger partial charge is 0.354 e. The summed E-state index contributed by atoms with van der Waals surface area (Å²) in [5.41, 5.74) is 1.60. The molecule has 0 bridgehead atoms. The lowest BCUT2D eigenvalue weighted by atomic mass is 10.0. The van der Waals surface area contributed by atoms with Crippen molar-refractivity contribution in [1.82, 2.24) is 10.2 Å². The minimum Gasteiger partial charge on any atom is -0.354 e. The number of amides is 2. The van der Waals surface area contributed by atoms with E-state index in [1.165, 1.54) is 11.8 Å². The van der Waals surface area contributed by atoms with Gasteiger partial charge in [-0.05, 0) is 36.2 Å². The van der Waals surface area contributed by atoms with E-state index < -0.39 is 6.04 Å². The number of carbonyl (C=O) groups is 2. The summed E-state index contributed by atoms with van der Waals surface area (Å²) < 4.78 is 0. The molecule has 1 unspecified atom stereocenters. The lowest BCUT2D eigenvalue weighted by molar-refractivity contribution is -0.139. The second-order valence-corrected chi connectivity index (χ2v) is 9.68. The molecule has 2 amide bonds. The number of benzene rings is 3. The minimum absolute atomic E-state index is 0.143. The maximum Gasteiger partial charge on any atom is 0.243 e. The highest BCUT2D eigenvalue weighted by Crippen LogP contribution is 2.28. The van der Waals surface area contributed by atoms with E-state index in [-0.39, 0.29) is 24.1 Å². The molecule has 0 spiro atoms. The highest BCUT2D eigenvalue weighted by atomic mass is 35.5. The SMILES string of the molecule is CCCNC(=O)C(Cc1ccccc1)N(Cc1c(Cl)cccc1Cl)C(=O)CSc1ccccc1. The predicted octanol–water partition coefficient (Wildman–Crippen LogP) is 6.25. The molecular formula is C27H28Cl2N2O2S. The molecular weight excluding hydrogens is 487 g/mol. The van der Waals surface area contributed by atoms with Crippen LogP contribution in [0.25, 0.3) is 0 Å². The fourth-order valence-corrected chi connectivity index (χ4v) is 4.84. The first-order valence-electron chi connectivity index (χ1n) is 11.2. The molecule has 0 heterocycles. The number of hydrogen-bond acceptors (Lipinski definition) is 3. The molecule has 0 radical (unpaired) electrons. The van der Waals surface area contributed by atoms with Gasteiger partial charge in [-0.1, -0.05) is 84.7 Å². The van der Waals surface area contributed by atoms with Crippen LogP contribution in [0.5, 0.6) is 0 Å². The van der Waals surface area contributed by atoms with Crippen molar-refractivity contribution >= 4 is 46.8 Å². The maximum atomic E-state index is 13.6. The van der Waals surface area contributed by atoms with Gasteiger partial charge < -0.3 is 10.2 Å². The van der Waals surface area contributed by atoms with E-state index in [9.17, 15) is 9.59 Å². The van der Waals surface area contributed by atoms with Gasteiger partial charge in [0.15, 0.2) is 0 Å². The quantitative estimate of drug-likeness (QED) is 0.307. The number of nitrogens with one attached hydrogen (secondary N) is 1. The van der Waals surface area contributed by atoms with Crippen molar-refractivity contribution in [1.29, 1.82) is 0 Å². The molecule has 7 heteroatoms. The van der Waals surface area contributed by atoms with Gasteiger partial charge in [-0.25, -0.2) is 0 Å². The van der Waals surface area contributed by atoms with E-state index in [1.807, 2.05) is 67.6 Å². The Morgan fingerprint density at radius 1 is 0.912 bits per heavy atom. The summed E-state index contributed by atoms with van der Waals surface area (Å²) in [6, 6.07) is 24.0. The van der Waals surface area contributed by atoms with E-state index >= 15 is 0 Å². The first-order chi connectivity index (χ1) is 16.5. The molecule has 3 rings (SSSR count). The summed E-state index contributed by atoms with van der Waals surface area (Å²) in [5, 5.41) is 3.90. The molecule has 0 saturated heterocycles. The summed E-state index contributed by atoms with van der Waals surface area (Å²) in [7, 11) is 0. The third-order valence-electron chi connectivity index (χ3n) is 5.32. The maximum absolute atomic E-state index is 13.6. The van der Waals surface area contributed by atoms with Crippen molar-refractivity contribution in [3.63, 3.8) is 0 Å². The van der Waals surface area contributed by atoms with Crippen LogP contribution in [-0.2, 0) is 22.6 Å². The van der Waals surface area contributed by atoms with Crippen molar-refractivity contribution in [2.24, 2.45) is 0 Å². The number of thioether (sulfide) groups is 1. The van der Waals surface area contributed by atoms with Gasteiger partial charge in [-0.3, -0.25) is 9.59 Å². The lowest BCUT2D eigenvalue weighted by Gasteiger charge is -2.32. The Bertz CT molecular complexity index is 1060.